The number of carbonyl (C=O) groups is 1. The maximum absolute atomic E-state index is 11.8. The van der Waals surface area contributed by atoms with E-state index in [9.17, 15) is 4.79 Å². The number of hydrogen-bond donors (Lipinski definition) is 1. The Balaban J connectivity index is 2.03. The molecule has 1 amide bonds. The van der Waals surface area contributed by atoms with Gasteiger partial charge in [0.25, 0.3) is 0 Å². The molecule has 0 aliphatic heterocycles. The molecule has 1 aromatic carbocycles. The Morgan fingerprint density at radius 3 is 2.72 bits per heavy atom. The number of nitrogens with zero attached hydrogens (tertiary/aromatic N) is 1. The highest BCUT2D eigenvalue weighted by Crippen LogP contribution is 2.21. The van der Waals surface area contributed by atoms with Gasteiger partial charge in [0.1, 0.15) is 5.82 Å². The van der Waals surface area contributed by atoms with E-state index < -0.39 is 0 Å². The topological polar surface area (TPSA) is 42.0 Å². The summed E-state index contributed by atoms with van der Waals surface area (Å²) in [6, 6.07) is 10.4. The molecule has 0 radical (unpaired) electrons. The van der Waals surface area contributed by atoms with Crippen LogP contribution in [0.5, 0.6) is 0 Å². The van der Waals surface area contributed by atoms with E-state index in [2.05, 4.69) is 10.3 Å². The predicted octanol–water partition coefficient (Wildman–Crippen LogP) is 3.57. The number of carbonyl (C=O) groups excluding carboxylic acids is 1. The van der Waals surface area contributed by atoms with Crippen LogP contribution in [-0.2, 0) is 11.2 Å². The van der Waals surface area contributed by atoms with Gasteiger partial charge in [-0.3, -0.25) is 4.79 Å². The quantitative estimate of drug-likeness (QED) is 0.934. The normalized spacial score (nSPS) is 10.1. The molecule has 1 heterocycles. The van der Waals surface area contributed by atoms with Crippen molar-refractivity contribution in [1.82, 2.24) is 4.98 Å². The van der Waals surface area contributed by atoms with Gasteiger partial charge in [-0.2, -0.15) is 0 Å². The zero-order chi connectivity index (χ0) is 13.0. The molecule has 2 rings (SSSR count). The molecule has 2 aromatic rings. The zero-order valence-electron chi connectivity index (χ0n) is 9.36. The van der Waals surface area contributed by atoms with Gasteiger partial charge in [-0.25, -0.2) is 4.98 Å². The highest BCUT2D eigenvalue weighted by atomic mass is 35.5. The maximum atomic E-state index is 11.8. The molecular formula is C13H10Cl2N2O. The third-order valence-electron chi connectivity index (χ3n) is 2.30. The maximum Gasteiger partial charge on any atom is 0.230 e. The summed E-state index contributed by atoms with van der Waals surface area (Å²) in [7, 11) is 0. The van der Waals surface area contributed by atoms with Crippen molar-refractivity contribution in [2.75, 3.05) is 5.32 Å². The first-order valence-corrected chi connectivity index (χ1v) is 6.05. The average molecular weight is 281 g/mol. The van der Waals surface area contributed by atoms with E-state index in [1.807, 2.05) is 0 Å². The minimum atomic E-state index is -0.169. The molecule has 1 N–H and O–H groups in total. The summed E-state index contributed by atoms with van der Waals surface area (Å²) in [5.41, 5.74) is 0.731. The van der Waals surface area contributed by atoms with Crippen LogP contribution in [0.25, 0.3) is 0 Å². The van der Waals surface area contributed by atoms with Gasteiger partial charge in [0, 0.05) is 16.2 Å². The van der Waals surface area contributed by atoms with Crippen LogP contribution in [0.3, 0.4) is 0 Å². The van der Waals surface area contributed by atoms with Gasteiger partial charge >= 0.3 is 0 Å². The minimum absolute atomic E-state index is 0.169. The van der Waals surface area contributed by atoms with Gasteiger partial charge in [-0.1, -0.05) is 35.3 Å². The van der Waals surface area contributed by atoms with Crippen molar-refractivity contribution < 1.29 is 4.79 Å². The first-order valence-electron chi connectivity index (χ1n) is 5.30. The van der Waals surface area contributed by atoms with Gasteiger partial charge in [0.05, 0.1) is 6.42 Å². The second-order valence-corrected chi connectivity index (χ2v) is 4.52. The summed E-state index contributed by atoms with van der Waals surface area (Å²) in [5.74, 6) is 0.352. The fourth-order valence-electron chi connectivity index (χ4n) is 1.46. The molecular weight excluding hydrogens is 271 g/mol. The van der Waals surface area contributed by atoms with Crippen molar-refractivity contribution in [2.45, 2.75) is 6.42 Å². The van der Waals surface area contributed by atoms with E-state index in [4.69, 9.17) is 23.2 Å². The summed E-state index contributed by atoms with van der Waals surface area (Å²) < 4.78 is 0. The Kier molecular flexibility index (Phi) is 4.18. The molecule has 0 bridgehead atoms. The lowest BCUT2D eigenvalue weighted by molar-refractivity contribution is -0.115. The number of benzene rings is 1. The average Bonchev–Trinajstić information content (AvgIpc) is 2.34. The van der Waals surface area contributed by atoms with Gasteiger partial charge in [-0.15, -0.1) is 0 Å². The van der Waals surface area contributed by atoms with Gasteiger partial charge in [-0.05, 0) is 29.8 Å². The fraction of sp³-hybridized carbons (Fsp3) is 0.0769. The number of anilines is 1. The van der Waals surface area contributed by atoms with Gasteiger partial charge in [0.15, 0.2) is 0 Å². The summed E-state index contributed by atoms with van der Waals surface area (Å²) >= 11 is 11.8. The van der Waals surface area contributed by atoms with E-state index in [1.165, 1.54) is 0 Å². The highest BCUT2D eigenvalue weighted by molar-refractivity contribution is 6.35. The number of aromatic nitrogens is 1. The van der Waals surface area contributed by atoms with Crippen LogP contribution in [0, 0.1) is 0 Å². The van der Waals surface area contributed by atoms with E-state index in [0.717, 1.165) is 5.56 Å². The van der Waals surface area contributed by atoms with Crippen LogP contribution in [0.2, 0.25) is 10.0 Å². The van der Waals surface area contributed by atoms with E-state index in [0.29, 0.717) is 15.9 Å². The number of pyridine rings is 1. The molecule has 0 saturated carbocycles. The smallest absolute Gasteiger partial charge is 0.230 e. The van der Waals surface area contributed by atoms with Crippen molar-refractivity contribution in [3.05, 3.63) is 58.2 Å². The highest BCUT2D eigenvalue weighted by Gasteiger charge is 2.08. The molecule has 5 heteroatoms. The Labute approximate surface area is 115 Å². The summed E-state index contributed by atoms with van der Waals surface area (Å²) in [5, 5.41) is 3.73. The molecule has 0 spiro atoms. The minimum Gasteiger partial charge on any atom is -0.310 e. The van der Waals surface area contributed by atoms with Crippen LogP contribution >= 0.6 is 23.2 Å². The van der Waals surface area contributed by atoms with Crippen molar-refractivity contribution in [3.8, 4) is 0 Å². The van der Waals surface area contributed by atoms with Crippen LogP contribution < -0.4 is 5.32 Å². The Morgan fingerprint density at radius 1 is 1.22 bits per heavy atom. The van der Waals surface area contributed by atoms with Crippen LogP contribution in [0.1, 0.15) is 5.56 Å². The second kappa shape index (κ2) is 5.85. The van der Waals surface area contributed by atoms with E-state index >= 15 is 0 Å². The Hall–Kier alpha value is -1.58. The lowest BCUT2D eigenvalue weighted by Gasteiger charge is -2.06. The molecule has 0 saturated heterocycles. The number of nitrogens with one attached hydrogen (secondary N) is 1. The third-order valence-corrected chi connectivity index (χ3v) is 2.89. The van der Waals surface area contributed by atoms with Crippen molar-refractivity contribution in [1.29, 1.82) is 0 Å². The Morgan fingerprint density at radius 2 is 2.06 bits per heavy atom. The Bertz CT molecular complexity index is 558. The summed E-state index contributed by atoms with van der Waals surface area (Å²) in [6.07, 6.45) is 1.80. The van der Waals surface area contributed by atoms with Crippen LogP contribution in [-0.4, -0.2) is 10.9 Å². The first-order chi connectivity index (χ1) is 8.65. The van der Waals surface area contributed by atoms with Crippen molar-refractivity contribution in [2.24, 2.45) is 0 Å². The monoisotopic (exact) mass is 280 g/mol. The van der Waals surface area contributed by atoms with Gasteiger partial charge in [0.2, 0.25) is 5.91 Å². The number of hydrogen-bond acceptors (Lipinski definition) is 2. The first kappa shape index (κ1) is 12.9. The summed E-state index contributed by atoms with van der Waals surface area (Å²) in [4.78, 5) is 15.8. The third kappa shape index (κ3) is 3.45. The van der Waals surface area contributed by atoms with Gasteiger partial charge < -0.3 is 5.32 Å². The fourth-order valence-corrected chi connectivity index (χ4v) is 1.94. The van der Waals surface area contributed by atoms with Crippen molar-refractivity contribution in [3.63, 3.8) is 0 Å². The van der Waals surface area contributed by atoms with Crippen LogP contribution in [0.4, 0.5) is 5.82 Å². The molecule has 92 valence electrons. The molecule has 1 aromatic heterocycles. The predicted molar refractivity (Wildman–Crippen MR) is 73.0 cm³/mol. The number of halogens is 2. The number of amides is 1. The molecule has 0 atom stereocenters. The molecule has 0 fully saturated rings. The molecule has 0 aliphatic rings. The lowest BCUT2D eigenvalue weighted by Crippen LogP contribution is -2.15. The van der Waals surface area contributed by atoms with E-state index in [1.54, 1.807) is 42.6 Å². The van der Waals surface area contributed by atoms with Crippen LogP contribution in [0.15, 0.2) is 42.6 Å². The standard InChI is InChI=1S/C13H10Cl2N2O/c14-10-5-4-9(11(15)8-10)7-13(18)17-12-3-1-2-6-16-12/h1-6,8H,7H2,(H,16,17,18). The molecule has 18 heavy (non-hydrogen) atoms. The molecule has 0 aliphatic carbocycles. The number of rotatable bonds is 3. The zero-order valence-corrected chi connectivity index (χ0v) is 10.9. The second-order valence-electron chi connectivity index (χ2n) is 3.68. The SMILES string of the molecule is O=C(Cc1ccc(Cl)cc1Cl)Nc1ccccn1. The van der Waals surface area contributed by atoms with Crippen molar-refractivity contribution >= 4 is 34.9 Å². The largest absolute Gasteiger partial charge is 0.310 e. The molecule has 3 nitrogen and oxygen atoms in total. The summed E-state index contributed by atoms with van der Waals surface area (Å²) in [6.45, 7) is 0. The molecule has 0 unspecified atom stereocenters. The lowest BCUT2D eigenvalue weighted by atomic mass is 10.1. The van der Waals surface area contributed by atoms with E-state index in [-0.39, 0.29) is 12.3 Å².